The van der Waals surface area contributed by atoms with E-state index in [9.17, 15) is 9.59 Å². The van der Waals surface area contributed by atoms with Crippen LogP contribution in [0.1, 0.15) is 49.2 Å². The van der Waals surface area contributed by atoms with E-state index in [1.165, 1.54) is 24.7 Å². The number of hydrogen-bond donors (Lipinski definition) is 1. The number of ether oxygens (including phenoxy) is 2. The highest BCUT2D eigenvalue weighted by Crippen LogP contribution is 2.25. The number of thiazole rings is 1. The smallest absolute Gasteiger partial charge is 0.408 e. The van der Waals surface area contributed by atoms with Crippen LogP contribution in [0.3, 0.4) is 0 Å². The SMILES string of the molecule is COC(=O)c1coc(-c2csc([C@H](C)NC(=O)OC(C)(C)C)n2)n1. The van der Waals surface area contributed by atoms with Gasteiger partial charge in [-0.25, -0.2) is 19.6 Å². The fourth-order valence-corrected chi connectivity index (χ4v) is 2.52. The number of hydrogen-bond acceptors (Lipinski definition) is 8. The average molecular weight is 353 g/mol. The first kappa shape index (κ1) is 17.9. The minimum Gasteiger partial charge on any atom is -0.464 e. The molecule has 0 aliphatic rings. The summed E-state index contributed by atoms with van der Waals surface area (Å²) in [5.41, 5.74) is -0.0230. The van der Waals surface area contributed by atoms with Crippen molar-refractivity contribution in [2.45, 2.75) is 39.3 Å². The van der Waals surface area contributed by atoms with E-state index in [0.717, 1.165) is 0 Å². The number of carbonyl (C=O) groups excluding carboxylic acids is 2. The zero-order valence-electron chi connectivity index (χ0n) is 14.1. The maximum absolute atomic E-state index is 11.8. The van der Waals surface area contributed by atoms with Gasteiger partial charge >= 0.3 is 12.1 Å². The van der Waals surface area contributed by atoms with Gasteiger partial charge < -0.3 is 19.2 Å². The van der Waals surface area contributed by atoms with Gasteiger partial charge in [-0.2, -0.15) is 0 Å². The van der Waals surface area contributed by atoms with Gasteiger partial charge in [0.25, 0.3) is 0 Å². The van der Waals surface area contributed by atoms with Gasteiger partial charge in [0.05, 0.1) is 13.2 Å². The lowest BCUT2D eigenvalue weighted by atomic mass is 10.2. The van der Waals surface area contributed by atoms with Crippen LogP contribution in [-0.4, -0.2) is 34.7 Å². The zero-order chi connectivity index (χ0) is 17.9. The number of oxazole rings is 1. The van der Waals surface area contributed by atoms with Gasteiger partial charge in [0.15, 0.2) is 5.69 Å². The summed E-state index contributed by atoms with van der Waals surface area (Å²) in [6.07, 6.45) is 0.693. The molecule has 0 radical (unpaired) electrons. The van der Waals surface area contributed by atoms with Crippen molar-refractivity contribution >= 4 is 23.4 Å². The van der Waals surface area contributed by atoms with E-state index in [1.54, 1.807) is 33.1 Å². The monoisotopic (exact) mass is 353 g/mol. The summed E-state index contributed by atoms with van der Waals surface area (Å²) < 4.78 is 15.0. The first-order chi connectivity index (χ1) is 11.2. The molecular formula is C15H19N3O5S. The molecule has 2 aromatic heterocycles. The molecule has 2 aromatic rings. The topological polar surface area (TPSA) is 104 Å². The Kier molecular flexibility index (Phi) is 5.23. The molecule has 0 unspecified atom stereocenters. The number of carbonyl (C=O) groups is 2. The Hall–Kier alpha value is -2.42. The number of nitrogens with one attached hydrogen (secondary N) is 1. The molecule has 2 heterocycles. The van der Waals surface area contributed by atoms with Crippen LogP contribution >= 0.6 is 11.3 Å². The van der Waals surface area contributed by atoms with Crippen molar-refractivity contribution in [3.05, 3.63) is 22.3 Å². The highest BCUT2D eigenvalue weighted by atomic mass is 32.1. The molecule has 0 aliphatic heterocycles. The van der Waals surface area contributed by atoms with Crippen molar-refractivity contribution in [1.29, 1.82) is 0 Å². The average Bonchev–Trinajstić information content (AvgIpc) is 3.13. The zero-order valence-corrected chi connectivity index (χ0v) is 14.9. The first-order valence-corrected chi connectivity index (χ1v) is 8.06. The molecule has 0 spiro atoms. The molecule has 2 rings (SSSR count). The fraction of sp³-hybridized carbons (Fsp3) is 0.467. The standard InChI is InChI=1S/C15H19N3O5S/c1-8(16-14(20)23-15(2,3)4)12-18-10(7-24-12)11-17-9(6-22-11)13(19)21-5/h6-8H,1-5H3,(H,16,20)/t8-/m0/s1. The molecule has 8 nitrogen and oxygen atoms in total. The van der Waals surface area contributed by atoms with Crippen molar-refractivity contribution in [3.8, 4) is 11.6 Å². The Balaban J connectivity index is 2.06. The number of amides is 1. The normalized spacial score (nSPS) is 12.5. The molecule has 0 aromatic carbocycles. The Morgan fingerprint density at radius 1 is 1.33 bits per heavy atom. The largest absolute Gasteiger partial charge is 0.464 e. The van der Waals surface area contributed by atoms with Crippen LogP contribution in [0.2, 0.25) is 0 Å². The lowest BCUT2D eigenvalue weighted by Crippen LogP contribution is -2.34. The Morgan fingerprint density at radius 2 is 2.04 bits per heavy atom. The number of nitrogens with zero attached hydrogens (tertiary/aromatic N) is 2. The highest BCUT2D eigenvalue weighted by Gasteiger charge is 2.21. The van der Waals surface area contributed by atoms with Crippen molar-refractivity contribution in [3.63, 3.8) is 0 Å². The summed E-state index contributed by atoms with van der Waals surface area (Å²) in [6, 6.07) is -0.339. The molecule has 24 heavy (non-hydrogen) atoms. The molecular weight excluding hydrogens is 334 g/mol. The predicted octanol–water partition coefficient (Wildman–Crippen LogP) is 3.17. The van der Waals surface area contributed by atoms with Crippen molar-refractivity contribution in [2.75, 3.05) is 7.11 Å². The molecule has 0 saturated heterocycles. The van der Waals surface area contributed by atoms with E-state index in [-0.39, 0.29) is 17.6 Å². The second-order valence-electron chi connectivity index (χ2n) is 5.97. The summed E-state index contributed by atoms with van der Waals surface area (Å²) in [7, 11) is 1.27. The van der Waals surface area contributed by atoms with Gasteiger partial charge in [-0.15, -0.1) is 11.3 Å². The summed E-state index contributed by atoms with van der Waals surface area (Å²) in [5.74, 6) is -0.372. The number of methoxy groups -OCH3 is 1. The van der Waals surface area contributed by atoms with Crippen LogP contribution in [0.25, 0.3) is 11.6 Å². The van der Waals surface area contributed by atoms with Crippen LogP contribution in [0, 0.1) is 0 Å². The quantitative estimate of drug-likeness (QED) is 0.842. The molecule has 130 valence electrons. The van der Waals surface area contributed by atoms with Gasteiger partial charge in [-0.3, -0.25) is 0 Å². The predicted molar refractivity (Wildman–Crippen MR) is 86.7 cm³/mol. The van der Waals surface area contributed by atoms with Crippen LogP contribution in [0.15, 0.2) is 16.1 Å². The van der Waals surface area contributed by atoms with E-state index in [1.807, 2.05) is 0 Å². The van der Waals surface area contributed by atoms with Gasteiger partial charge in [0, 0.05) is 5.38 Å². The van der Waals surface area contributed by atoms with Crippen LogP contribution < -0.4 is 5.32 Å². The lowest BCUT2D eigenvalue weighted by molar-refractivity contribution is 0.0506. The molecule has 0 saturated carbocycles. The van der Waals surface area contributed by atoms with E-state index in [4.69, 9.17) is 9.15 Å². The third kappa shape index (κ3) is 4.54. The van der Waals surface area contributed by atoms with E-state index in [0.29, 0.717) is 10.7 Å². The van der Waals surface area contributed by atoms with E-state index < -0.39 is 17.7 Å². The second kappa shape index (κ2) is 7.00. The second-order valence-corrected chi connectivity index (χ2v) is 6.86. The number of esters is 1. The Morgan fingerprint density at radius 3 is 2.67 bits per heavy atom. The summed E-state index contributed by atoms with van der Waals surface area (Å²) in [6.45, 7) is 7.17. The minimum atomic E-state index is -0.583. The number of alkyl carbamates (subject to hydrolysis) is 1. The highest BCUT2D eigenvalue weighted by molar-refractivity contribution is 7.10. The molecule has 1 N–H and O–H groups in total. The van der Waals surface area contributed by atoms with E-state index in [2.05, 4.69) is 20.0 Å². The minimum absolute atomic E-state index is 0.0713. The van der Waals surface area contributed by atoms with Crippen LogP contribution in [-0.2, 0) is 9.47 Å². The van der Waals surface area contributed by atoms with Gasteiger partial charge in [-0.05, 0) is 27.7 Å². The summed E-state index contributed by atoms with van der Waals surface area (Å²) >= 11 is 1.34. The lowest BCUT2D eigenvalue weighted by Gasteiger charge is -2.21. The third-order valence-electron chi connectivity index (χ3n) is 2.74. The molecule has 9 heteroatoms. The maximum atomic E-state index is 11.8. The molecule has 0 bridgehead atoms. The molecule has 1 atom stereocenters. The Bertz CT molecular complexity index is 732. The molecule has 1 amide bonds. The van der Waals surface area contributed by atoms with E-state index >= 15 is 0 Å². The van der Waals surface area contributed by atoms with Crippen molar-refractivity contribution < 1.29 is 23.5 Å². The summed E-state index contributed by atoms with van der Waals surface area (Å²) in [4.78, 5) is 31.6. The maximum Gasteiger partial charge on any atom is 0.408 e. The van der Waals surface area contributed by atoms with Crippen LogP contribution in [0.5, 0.6) is 0 Å². The summed E-state index contributed by atoms with van der Waals surface area (Å²) in [5, 5.41) is 5.10. The third-order valence-corrected chi connectivity index (χ3v) is 3.77. The number of rotatable bonds is 4. The van der Waals surface area contributed by atoms with Crippen molar-refractivity contribution in [2.24, 2.45) is 0 Å². The van der Waals surface area contributed by atoms with Gasteiger partial charge in [0.1, 0.15) is 22.6 Å². The van der Waals surface area contributed by atoms with Gasteiger partial charge in [0.2, 0.25) is 5.89 Å². The number of aromatic nitrogens is 2. The fourth-order valence-electron chi connectivity index (χ4n) is 1.72. The Labute approximate surface area is 143 Å². The van der Waals surface area contributed by atoms with Crippen molar-refractivity contribution in [1.82, 2.24) is 15.3 Å². The molecule has 0 aliphatic carbocycles. The van der Waals surface area contributed by atoms with Gasteiger partial charge in [-0.1, -0.05) is 0 Å². The molecule has 0 fully saturated rings. The first-order valence-electron chi connectivity index (χ1n) is 7.18. The van der Waals surface area contributed by atoms with Crippen LogP contribution in [0.4, 0.5) is 4.79 Å².